The van der Waals surface area contributed by atoms with Crippen LogP contribution in [-0.2, 0) is 11.3 Å². The summed E-state index contributed by atoms with van der Waals surface area (Å²) in [6, 6.07) is 7.00. The molecule has 0 aliphatic heterocycles. The van der Waals surface area contributed by atoms with Gasteiger partial charge in [-0.1, -0.05) is 29.8 Å². The van der Waals surface area contributed by atoms with Crippen LogP contribution in [0.3, 0.4) is 0 Å². The van der Waals surface area contributed by atoms with E-state index in [1.165, 1.54) is 11.1 Å². The molecule has 18 heavy (non-hydrogen) atoms. The van der Waals surface area contributed by atoms with Crippen molar-refractivity contribution in [2.24, 2.45) is 5.73 Å². The SMILES string of the molecule is NC(=O)O[C@H](Cn1ncnn1)c1ccccc1Cl. The van der Waals surface area contributed by atoms with Gasteiger partial charge in [0.25, 0.3) is 0 Å². The van der Waals surface area contributed by atoms with Gasteiger partial charge in [-0.3, -0.25) is 0 Å². The maximum absolute atomic E-state index is 10.9. The number of benzene rings is 1. The summed E-state index contributed by atoms with van der Waals surface area (Å²) < 4.78 is 5.02. The quantitative estimate of drug-likeness (QED) is 0.897. The number of hydrogen-bond acceptors (Lipinski definition) is 5. The second-order valence-electron chi connectivity index (χ2n) is 3.44. The Bertz CT molecular complexity index is 531. The van der Waals surface area contributed by atoms with Gasteiger partial charge in [0.2, 0.25) is 0 Å². The van der Waals surface area contributed by atoms with Crippen molar-refractivity contribution in [3.8, 4) is 0 Å². The summed E-state index contributed by atoms with van der Waals surface area (Å²) in [5.41, 5.74) is 5.67. The van der Waals surface area contributed by atoms with E-state index < -0.39 is 12.2 Å². The molecular formula is C10H10ClN5O2. The van der Waals surface area contributed by atoms with E-state index >= 15 is 0 Å². The van der Waals surface area contributed by atoms with E-state index in [0.29, 0.717) is 10.6 Å². The summed E-state index contributed by atoms with van der Waals surface area (Å²) in [7, 11) is 0. The highest BCUT2D eigenvalue weighted by Gasteiger charge is 2.19. The van der Waals surface area contributed by atoms with Gasteiger partial charge >= 0.3 is 6.09 Å². The van der Waals surface area contributed by atoms with Crippen molar-refractivity contribution in [1.82, 2.24) is 20.2 Å². The van der Waals surface area contributed by atoms with Gasteiger partial charge in [0.15, 0.2) is 12.4 Å². The zero-order valence-corrected chi connectivity index (χ0v) is 9.99. The fourth-order valence-electron chi connectivity index (χ4n) is 1.50. The number of primary amides is 1. The molecule has 0 aliphatic rings. The first kappa shape index (κ1) is 12.3. The number of aromatic nitrogens is 4. The molecule has 0 aliphatic carbocycles. The zero-order valence-electron chi connectivity index (χ0n) is 9.23. The van der Waals surface area contributed by atoms with Crippen molar-refractivity contribution in [3.05, 3.63) is 41.2 Å². The van der Waals surface area contributed by atoms with Gasteiger partial charge in [-0.2, -0.15) is 4.80 Å². The Balaban J connectivity index is 2.25. The van der Waals surface area contributed by atoms with Gasteiger partial charge in [-0.05, 0) is 11.3 Å². The molecule has 2 aromatic rings. The summed E-state index contributed by atoms with van der Waals surface area (Å²) in [6.07, 6.45) is -0.265. The molecule has 0 fully saturated rings. The van der Waals surface area contributed by atoms with Crippen molar-refractivity contribution in [2.75, 3.05) is 0 Å². The number of halogens is 1. The van der Waals surface area contributed by atoms with Gasteiger partial charge in [0.05, 0.1) is 0 Å². The van der Waals surface area contributed by atoms with Crippen LogP contribution in [0.15, 0.2) is 30.6 Å². The molecule has 1 aromatic heterocycles. The number of hydrogen-bond donors (Lipinski definition) is 1. The van der Waals surface area contributed by atoms with Crippen LogP contribution in [0.2, 0.25) is 5.02 Å². The van der Waals surface area contributed by atoms with E-state index in [-0.39, 0.29) is 6.54 Å². The standard InChI is InChI=1S/C10H10ClN5O2/c11-8-4-2-1-3-7(8)9(18-10(12)17)5-16-14-6-13-15-16/h1-4,6,9H,5H2,(H2,12,17)/t9-/m1/s1. The predicted octanol–water partition coefficient (Wildman–Crippen LogP) is 1.16. The lowest BCUT2D eigenvalue weighted by Gasteiger charge is -2.17. The summed E-state index contributed by atoms with van der Waals surface area (Å²) >= 11 is 6.04. The lowest BCUT2D eigenvalue weighted by molar-refractivity contribution is 0.0901. The molecule has 0 saturated carbocycles. The summed E-state index contributed by atoms with van der Waals surface area (Å²) in [4.78, 5) is 12.2. The van der Waals surface area contributed by atoms with Crippen molar-refractivity contribution in [3.63, 3.8) is 0 Å². The Morgan fingerprint density at radius 1 is 1.50 bits per heavy atom. The third-order valence-corrected chi connectivity index (χ3v) is 2.58. The molecule has 1 amide bonds. The lowest BCUT2D eigenvalue weighted by Crippen LogP contribution is -2.22. The van der Waals surface area contributed by atoms with Crippen LogP contribution in [0.4, 0.5) is 4.79 Å². The van der Waals surface area contributed by atoms with E-state index in [1.807, 2.05) is 0 Å². The first-order valence-corrected chi connectivity index (χ1v) is 5.46. The maximum atomic E-state index is 10.9. The first-order valence-electron chi connectivity index (χ1n) is 5.08. The molecule has 0 spiro atoms. The van der Waals surface area contributed by atoms with Crippen LogP contribution in [0, 0.1) is 0 Å². The van der Waals surface area contributed by atoms with Crippen LogP contribution >= 0.6 is 11.6 Å². The molecule has 0 unspecified atom stereocenters. The molecular weight excluding hydrogens is 258 g/mol. The van der Waals surface area contributed by atoms with Crippen LogP contribution in [0.5, 0.6) is 0 Å². The topological polar surface area (TPSA) is 95.9 Å². The van der Waals surface area contributed by atoms with Crippen LogP contribution in [0.25, 0.3) is 0 Å². The molecule has 8 heteroatoms. The van der Waals surface area contributed by atoms with Crippen LogP contribution in [0.1, 0.15) is 11.7 Å². The molecule has 2 rings (SSSR count). The van der Waals surface area contributed by atoms with Crippen LogP contribution in [-0.4, -0.2) is 26.3 Å². The average molecular weight is 268 g/mol. The molecule has 1 atom stereocenters. The highest BCUT2D eigenvalue weighted by atomic mass is 35.5. The monoisotopic (exact) mass is 267 g/mol. The fraction of sp³-hybridized carbons (Fsp3) is 0.200. The predicted molar refractivity (Wildman–Crippen MR) is 62.7 cm³/mol. The normalized spacial score (nSPS) is 12.1. The smallest absolute Gasteiger partial charge is 0.405 e. The van der Waals surface area contributed by atoms with Crippen molar-refractivity contribution in [1.29, 1.82) is 0 Å². The largest absolute Gasteiger partial charge is 0.439 e. The van der Waals surface area contributed by atoms with E-state index in [4.69, 9.17) is 22.1 Å². The number of amides is 1. The third kappa shape index (κ3) is 2.95. The minimum Gasteiger partial charge on any atom is -0.439 e. The van der Waals surface area contributed by atoms with E-state index in [2.05, 4.69) is 15.4 Å². The number of tetrazole rings is 1. The maximum Gasteiger partial charge on any atom is 0.405 e. The molecule has 0 radical (unpaired) electrons. The third-order valence-electron chi connectivity index (χ3n) is 2.23. The molecule has 0 saturated heterocycles. The number of nitrogens with zero attached hydrogens (tertiary/aromatic N) is 4. The molecule has 1 aromatic carbocycles. The number of nitrogens with two attached hydrogens (primary N) is 1. The minimum atomic E-state index is -0.889. The van der Waals surface area contributed by atoms with Crippen molar-refractivity contribution in [2.45, 2.75) is 12.6 Å². The Hall–Kier alpha value is -2.15. The second-order valence-corrected chi connectivity index (χ2v) is 3.84. The fourth-order valence-corrected chi connectivity index (χ4v) is 1.75. The zero-order chi connectivity index (χ0) is 13.0. The molecule has 1 heterocycles. The van der Waals surface area contributed by atoms with E-state index in [1.54, 1.807) is 24.3 Å². The molecule has 7 nitrogen and oxygen atoms in total. The van der Waals surface area contributed by atoms with E-state index in [9.17, 15) is 4.79 Å². The highest BCUT2D eigenvalue weighted by molar-refractivity contribution is 6.31. The number of carbonyl (C=O) groups is 1. The van der Waals surface area contributed by atoms with E-state index in [0.717, 1.165) is 0 Å². The summed E-state index contributed by atoms with van der Waals surface area (Å²) in [6.45, 7) is 0.187. The Morgan fingerprint density at radius 3 is 2.89 bits per heavy atom. The number of rotatable bonds is 4. The Kier molecular flexibility index (Phi) is 3.73. The second kappa shape index (κ2) is 5.46. The van der Waals surface area contributed by atoms with Crippen molar-refractivity contribution >= 4 is 17.7 Å². The van der Waals surface area contributed by atoms with Gasteiger partial charge in [0.1, 0.15) is 6.54 Å². The molecule has 94 valence electrons. The summed E-state index contributed by atoms with van der Waals surface area (Å²) in [5.74, 6) is 0. The van der Waals surface area contributed by atoms with Gasteiger partial charge in [-0.15, -0.1) is 10.2 Å². The van der Waals surface area contributed by atoms with Crippen molar-refractivity contribution < 1.29 is 9.53 Å². The highest BCUT2D eigenvalue weighted by Crippen LogP contribution is 2.26. The average Bonchev–Trinajstić information content (AvgIpc) is 2.81. The number of ether oxygens (including phenoxy) is 1. The Morgan fingerprint density at radius 2 is 2.28 bits per heavy atom. The summed E-state index contributed by atoms with van der Waals surface area (Å²) in [5, 5.41) is 11.6. The van der Waals surface area contributed by atoms with Crippen LogP contribution < -0.4 is 5.73 Å². The Labute approximate surface area is 107 Å². The lowest BCUT2D eigenvalue weighted by atomic mass is 10.1. The van der Waals surface area contributed by atoms with Gasteiger partial charge in [-0.25, -0.2) is 4.79 Å². The number of carbonyl (C=O) groups excluding carboxylic acids is 1. The van der Waals surface area contributed by atoms with Gasteiger partial charge < -0.3 is 10.5 Å². The first-order chi connectivity index (χ1) is 8.66. The van der Waals surface area contributed by atoms with Gasteiger partial charge in [0, 0.05) is 10.6 Å². The molecule has 0 bridgehead atoms. The minimum absolute atomic E-state index is 0.187. The molecule has 2 N–H and O–H groups in total.